The lowest BCUT2D eigenvalue weighted by atomic mass is 9.79. The van der Waals surface area contributed by atoms with Crippen LogP contribution in [0.5, 0.6) is 0 Å². The predicted octanol–water partition coefficient (Wildman–Crippen LogP) is 31.9. The first-order valence-corrected chi connectivity index (χ1v) is 50.6. The van der Waals surface area contributed by atoms with Crippen molar-refractivity contribution in [2.75, 3.05) is 0 Å². The normalized spacial score (nSPS) is 12.2. The Morgan fingerprint density at radius 3 is 1.08 bits per heavy atom. The van der Waals surface area contributed by atoms with Gasteiger partial charge in [-0.1, -0.05) is 249 Å². The highest BCUT2D eigenvalue weighted by Gasteiger charge is 2.31. The highest BCUT2D eigenvalue weighted by molar-refractivity contribution is 5.99. The van der Waals surface area contributed by atoms with Crippen molar-refractivity contribution in [2.45, 2.75) is 251 Å². The van der Waals surface area contributed by atoms with Gasteiger partial charge in [0.05, 0.1) is 49.2 Å². The maximum Gasteiger partial charge on any atom is 0.222 e. The van der Waals surface area contributed by atoms with Gasteiger partial charge < -0.3 is 0 Å². The van der Waals surface area contributed by atoms with Crippen molar-refractivity contribution >= 4 is 53.9 Å². The van der Waals surface area contributed by atoms with E-state index in [1.807, 2.05) is 74.8 Å². The smallest absolute Gasteiger partial charge is 0.222 e. The van der Waals surface area contributed by atoms with E-state index in [2.05, 4.69) is 450 Å². The van der Waals surface area contributed by atoms with Gasteiger partial charge in [-0.25, -0.2) is 4.57 Å². The van der Waals surface area contributed by atoms with E-state index in [9.17, 15) is 0 Å². The van der Waals surface area contributed by atoms with Crippen molar-refractivity contribution in [3.8, 4) is 67.4 Å². The number of nitrogens with zero attached hydrogens (tertiary/aromatic N) is 8. The lowest BCUT2D eigenvalue weighted by molar-refractivity contribution is -0.665. The lowest BCUT2D eigenvalue weighted by Gasteiger charge is -2.25. The summed E-state index contributed by atoms with van der Waals surface area (Å²) < 4.78 is 28.4. The Bertz CT molecular complexity index is 6920. The van der Waals surface area contributed by atoms with Gasteiger partial charge in [0.2, 0.25) is 28.5 Å². The third kappa shape index (κ3) is 23.5. The Morgan fingerprint density at radius 2 is 0.664 bits per heavy atom. The lowest BCUT2D eigenvalue weighted by Crippen LogP contribution is -2.35. The van der Waals surface area contributed by atoms with Crippen LogP contribution >= 0.6 is 0 Å². The summed E-state index contributed by atoms with van der Waals surface area (Å²) in [6.07, 6.45) is 13.1. The van der Waals surface area contributed by atoms with E-state index in [-0.39, 0.29) is 0 Å². The van der Waals surface area contributed by atoms with E-state index >= 15 is 0 Å². The third-order valence-electron chi connectivity index (χ3n) is 29.3. The molecule has 8 aromatic heterocycles. The molecule has 0 bridgehead atoms. The van der Waals surface area contributed by atoms with Crippen LogP contribution in [0.25, 0.3) is 121 Å². The average molecular weight is 1830 g/mol. The van der Waals surface area contributed by atoms with E-state index in [1.165, 1.54) is 178 Å². The first-order chi connectivity index (χ1) is 65.5. The summed E-state index contributed by atoms with van der Waals surface area (Å²) in [5, 5.41) is 12.8. The Labute approximate surface area is 828 Å². The van der Waals surface area contributed by atoms with E-state index < -0.39 is 5.89 Å². The number of hydrogen-bond acceptors (Lipinski definition) is 3. The maximum absolute atomic E-state index is 8.67. The summed E-state index contributed by atoms with van der Waals surface area (Å²) in [5.74, 6) is 6.44. The molecule has 0 spiro atoms. The van der Waals surface area contributed by atoms with Crippen LogP contribution in [-0.4, -0.2) is 15.0 Å². The molecule has 8 nitrogen and oxygen atoms in total. The number of aromatic nitrogens is 8. The molecule has 8 heteroatoms. The minimum Gasteiger partial charge on any atom is -0.264 e. The molecule has 714 valence electrons. The third-order valence-corrected chi connectivity index (χ3v) is 29.3. The van der Waals surface area contributed by atoms with E-state index in [1.54, 1.807) is 0 Å². The van der Waals surface area contributed by atoms with Gasteiger partial charge in [-0.2, -0.15) is 18.3 Å². The average Bonchev–Trinajstić information content (AvgIpc) is 0.749. The van der Waals surface area contributed by atoms with Crippen molar-refractivity contribution in [1.29, 1.82) is 0 Å². The molecular formula is C129H163N8+5. The number of hydrogen-bond donors (Lipinski definition) is 0. The van der Waals surface area contributed by atoms with Crippen molar-refractivity contribution in [3.63, 3.8) is 0 Å². The molecule has 0 radical (unpaired) electrons. The van der Waals surface area contributed by atoms with Gasteiger partial charge in [-0.3, -0.25) is 15.0 Å². The summed E-state index contributed by atoms with van der Waals surface area (Å²) >= 11 is 0. The van der Waals surface area contributed by atoms with Crippen LogP contribution in [0.15, 0.2) is 244 Å². The first kappa shape index (κ1) is 101. The first-order valence-electron chi connectivity index (χ1n) is 51.6. The monoisotopic (exact) mass is 1830 g/mol. The number of pyridine rings is 8. The number of aryl methyl sites for hydroxylation is 9. The van der Waals surface area contributed by atoms with Gasteiger partial charge in [0.1, 0.15) is 36.6 Å². The molecule has 0 N–H and O–H groups in total. The fourth-order valence-electron chi connectivity index (χ4n) is 22.4. The minimum atomic E-state index is -0.672. The van der Waals surface area contributed by atoms with Gasteiger partial charge in [-0.05, 0) is 296 Å². The zero-order chi connectivity index (χ0) is 102. The molecule has 0 atom stereocenters. The molecule has 0 amide bonds. The molecule has 0 saturated heterocycles. The molecule has 16 aromatic rings. The van der Waals surface area contributed by atoms with Gasteiger partial charge >= 0.3 is 0 Å². The van der Waals surface area contributed by atoms with Crippen LogP contribution in [0.3, 0.4) is 0 Å². The van der Waals surface area contributed by atoms with Crippen LogP contribution in [-0.2, 0) is 41.7 Å². The van der Waals surface area contributed by atoms with Crippen molar-refractivity contribution < 1.29 is 25.6 Å². The molecule has 0 aliphatic carbocycles. The SMILES string of the molecule is Cc1ccc(-c2cccnc2)cc1-c1c2ccc(C(C(C)C)C(C)C)cc2cc(C)[n+]1C.Cc1ccccc1-c1c2ccc(CC(C)(C)C)cc2cc(C)[n+]1C.Cc1ccncc1-c1c2ccc(C(C(C)C)C(C)C)cc2cc(C)[n+]1C.Cc1cnccc1-c1c2ccc(C(C(C)C)C(C)C)cc2cc(C)[n+]1C.[2H]c1cc2cc(C(C(C)C)C(C)C)ccc2c(-c2cc(C([2H])(C)C)cc(C)c2C)[n+]1C. The molecular weight excluding hydrogens is 1660 g/mol. The molecule has 16 rings (SSSR count). The van der Waals surface area contributed by atoms with E-state index in [0.717, 1.165) is 39.6 Å². The van der Waals surface area contributed by atoms with E-state index in [0.29, 0.717) is 82.6 Å². The topological polar surface area (TPSA) is 58.1 Å². The van der Waals surface area contributed by atoms with Crippen LogP contribution in [0.4, 0.5) is 0 Å². The molecule has 8 aromatic carbocycles. The van der Waals surface area contributed by atoms with Crippen molar-refractivity contribution in [2.24, 2.45) is 88.0 Å². The summed E-state index contributed by atoms with van der Waals surface area (Å²) in [6.45, 7) is 69.7. The molecule has 8 heterocycles. The molecule has 0 aliphatic rings. The standard InChI is InChI=1S/C30H35N2.C28H38N.2C24H31N2.C23H28N/c1-19(2)29(20(3)4)24-12-13-27-26(16-24)15-22(6)32(7)30(27)28-17-23(11-10-21(28)5)25-9-8-14-31-18-25;1-17(2)24-14-20(7)21(8)26(16-24)28-25-11-10-23(27(18(3)4)19(5)6)15-22(25)12-13-29(28)9;1-15(2)23(16(3)4)19-8-9-22-20(13-19)12-18(6)26(7)24(22)21-10-11-25-14-17(21)5;1-15(2)23(16(3)4)19-8-9-21-20(13-19)12-18(6)26(7)24(21)22-14-25-11-10-17(22)5;1-16-9-7-8-10-20(16)22-21-12-11-18(15-23(3,4)5)14-19(21)13-17(2)24(22)6/h8-20,29H,1-7H3;10-19,27H,1-9H3;2*8-16,23H,1-7H3;7-14H,15H2,1-6H3/q5*+1/i;13D,17D;;;. The fourth-order valence-corrected chi connectivity index (χ4v) is 22.4. The quantitative estimate of drug-likeness (QED) is 0.0715. The predicted molar refractivity (Wildman–Crippen MR) is 586 cm³/mol. The van der Waals surface area contributed by atoms with Crippen LogP contribution in [0.2, 0.25) is 0 Å². The van der Waals surface area contributed by atoms with Gasteiger partial charge in [0.25, 0.3) is 0 Å². The zero-order valence-corrected chi connectivity index (χ0v) is 90.2. The fraction of sp³-hybridized carbons (Fsp3) is 0.395. The van der Waals surface area contributed by atoms with Gasteiger partial charge in [0, 0.05) is 108 Å². The Kier molecular flexibility index (Phi) is 32.8. The molecule has 0 aliphatic heterocycles. The summed E-state index contributed by atoms with van der Waals surface area (Å²) in [5.41, 5.74) is 35.7. The molecule has 137 heavy (non-hydrogen) atoms. The molecule has 0 unspecified atom stereocenters. The number of benzene rings is 8. The number of fused-ring (bicyclic) bond motifs is 5. The summed E-state index contributed by atoms with van der Waals surface area (Å²) in [4.78, 5) is 13.0. The highest BCUT2D eigenvalue weighted by Crippen LogP contribution is 2.44. The summed E-state index contributed by atoms with van der Waals surface area (Å²) in [6, 6.07) is 74.3. The maximum atomic E-state index is 8.67. The Morgan fingerprint density at radius 1 is 0.285 bits per heavy atom. The molecule has 0 fully saturated rings. The second kappa shape index (κ2) is 44.4. The summed E-state index contributed by atoms with van der Waals surface area (Å²) in [7, 11) is 10.6. The van der Waals surface area contributed by atoms with Crippen LogP contribution < -0.4 is 22.8 Å². The highest BCUT2D eigenvalue weighted by atomic mass is 15.0. The van der Waals surface area contributed by atoms with Crippen LogP contribution in [0, 0.1) is 122 Å². The number of rotatable bonds is 20. The Balaban J connectivity index is 0.000000156. The van der Waals surface area contributed by atoms with E-state index in [4.69, 9.17) is 2.74 Å². The largest absolute Gasteiger partial charge is 0.264 e. The van der Waals surface area contributed by atoms with Crippen LogP contribution in [0.1, 0.15) is 267 Å². The van der Waals surface area contributed by atoms with Gasteiger partial charge in [-0.15, -0.1) is 0 Å². The minimum absolute atomic E-state index is 0.307. The van der Waals surface area contributed by atoms with Crippen molar-refractivity contribution in [1.82, 2.24) is 15.0 Å². The second-order valence-electron chi connectivity index (χ2n) is 44.0. The second-order valence-corrected chi connectivity index (χ2v) is 44.0. The molecule has 0 saturated carbocycles. The Hall–Kier alpha value is -11.7. The van der Waals surface area contributed by atoms with Gasteiger partial charge in [0.15, 0.2) is 28.9 Å². The zero-order valence-electron chi connectivity index (χ0n) is 92.2. The van der Waals surface area contributed by atoms with Crippen molar-refractivity contribution in [3.05, 3.63) is 333 Å².